The van der Waals surface area contributed by atoms with Crippen LogP contribution in [-0.2, 0) is 0 Å². The number of fused-ring (bicyclic) bond motifs is 9. The van der Waals surface area contributed by atoms with Crippen LogP contribution >= 0.6 is 11.3 Å². The van der Waals surface area contributed by atoms with E-state index >= 15 is 0 Å². The molecule has 3 aromatic heterocycles. The highest BCUT2D eigenvalue weighted by Gasteiger charge is 2.21. The van der Waals surface area contributed by atoms with Gasteiger partial charge in [0.2, 0.25) is 0 Å². The molecule has 12 rings (SSSR count). The lowest BCUT2D eigenvalue weighted by atomic mass is 9.96. The van der Waals surface area contributed by atoms with Gasteiger partial charge < -0.3 is 4.57 Å². The lowest BCUT2D eigenvalue weighted by Crippen LogP contribution is -2.02. The molecule has 5 heteroatoms. The second kappa shape index (κ2) is 13.1. The molecule has 0 saturated heterocycles. The Labute approximate surface area is 346 Å². The summed E-state index contributed by atoms with van der Waals surface area (Å²) in [6, 6.07) is 51.1. The van der Waals surface area contributed by atoms with Gasteiger partial charge >= 0.3 is 0 Å². The summed E-state index contributed by atoms with van der Waals surface area (Å²) in [6.45, 7) is 0. The van der Waals surface area contributed by atoms with Crippen molar-refractivity contribution in [2.24, 2.45) is 0 Å². The molecule has 0 saturated carbocycles. The maximum absolute atomic E-state index is 9.27. The molecular formula is C53H32N4S. The number of aromatic nitrogens is 4. The summed E-state index contributed by atoms with van der Waals surface area (Å²) in [4.78, 5) is 15.6. The Kier molecular flexibility index (Phi) is 6.12. The molecule has 0 unspecified atom stereocenters. The molecule has 0 amide bonds. The summed E-state index contributed by atoms with van der Waals surface area (Å²) in [6.07, 6.45) is 0. The molecule has 58 heavy (non-hydrogen) atoms. The van der Waals surface area contributed by atoms with E-state index in [0.717, 1.165) is 64.0 Å². The number of hydrogen-bond acceptors (Lipinski definition) is 4. The van der Waals surface area contributed by atoms with E-state index in [0.29, 0.717) is 28.7 Å². The van der Waals surface area contributed by atoms with Gasteiger partial charge in [-0.15, -0.1) is 11.3 Å². The van der Waals surface area contributed by atoms with Gasteiger partial charge in [0, 0.05) is 58.8 Å². The van der Waals surface area contributed by atoms with Crippen LogP contribution in [0, 0.1) is 0 Å². The average Bonchev–Trinajstić information content (AvgIpc) is 3.90. The van der Waals surface area contributed by atoms with Crippen LogP contribution in [0.2, 0.25) is 0 Å². The fourth-order valence-electron chi connectivity index (χ4n) is 8.38. The van der Waals surface area contributed by atoms with Crippen molar-refractivity contribution in [1.29, 1.82) is 0 Å². The van der Waals surface area contributed by atoms with E-state index in [4.69, 9.17) is 20.4 Å². The Hall–Kier alpha value is -7.47. The average molecular weight is 763 g/mol. The highest BCUT2D eigenvalue weighted by molar-refractivity contribution is 7.26. The summed E-state index contributed by atoms with van der Waals surface area (Å²) in [5, 5.41) is 6.93. The second-order valence-electron chi connectivity index (χ2n) is 14.3. The fourth-order valence-corrected chi connectivity index (χ4v) is 9.61. The SMILES string of the molecule is [2H]c1cc([2H])c2c(c1[2H])c1c([2H])c([2H])cc([2H])c1n2-c1ccc(-c2nc(-c3ccccc3)nc(-c3cc4ccccc4c4ccccc34)n2)cc1-c1cccc2c1sc1ccccc12. The Morgan fingerprint density at radius 1 is 0.414 bits per heavy atom. The molecule has 0 spiro atoms. The lowest BCUT2D eigenvalue weighted by molar-refractivity contribution is 1.08. The van der Waals surface area contributed by atoms with Gasteiger partial charge in [0.05, 0.1) is 24.9 Å². The first-order valence-corrected chi connectivity index (χ1v) is 19.8. The van der Waals surface area contributed by atoms with E-state index in [1.807, 2.05) is 84.9 Å². The summed E-state index contributed by atoms with van der Waals surface area (Å²) >= 11 is 1.68. The quantitative estimate of drug-likeness (QED) is 0.164. The minimum atomic E-state index is -0.164. The molecule has 0 N–H and O–H groups in total. The van der Waals surface area contributed by atoms with Crippen molar-refractivity contribution in [3.8, 4) is 51.0 Å². The van der Waals surface area contributed by atoms with Gasteiger partial charge in [-0.05, 0) is 64.0 Å². The molecule has 12 aromatic rings. The van der Waals surface area contributed by atoms with Crippen molar-refractivity contribution in [2.75, 3.05) is 0 Å². The third-order valence-corrected chi connectivity index (χ3v) is 12.2. The van der Waals surface area contributed by atoms with Crippen molar-refractivity contribution in [2.45, 2.75) is 0 Å². The minimum absolute atomic E-state index is 0.0233. The molecule has 4 nitrogen and oxygen atoms in total. The molecule has 0 aliphatic carbocycles. The van der Waals surface area contributed by atoms with Gasteiger partial charge in [-0.2, -0.15) is 0 Å². The van der Waals surface area contributed by atoms with Crippen LogP contribution in [-0.4, -0.2) is 19.5 Å². The molecule has 270 valence electrons. The third kappa shape index (κ3) is 5.11. The molecule has 0 radical (unpaired) electrons. The number of thiophene rings is 1. The Bertz CT molecular complexity index is 3870. The van der Waals surface area contributed by atoms with Gasteiger partial charge in [-0.3, -0.25) is 0 Å². The van der Waals surface area contributed by atoms with E-state index in [1.165, 1.54) is 12.1 Å². The van der Waals surface area contributed by atoms with Crippen LogP contribution in [0.15, 0.2) is 194 Å². The molecule has 3 heterocycles. The Balaban J connectivity index is 1.19. The van der Waals surface area contributed by atoms with Gasteiger partial charge in [0.25, 0.3) is 0 Å². The maximum Gasteiger partial charge on any atom is 0.164 e. The monoisotopic (exact) mass is 762 g/mol. The first-order chi connectivity index (χ1) is 31.2. The topological polar surface area (TPSA) is 43.6 Å². The van der Waals surface area contributed by atoms with E-state index in [9.17, 15) is 2.74 Å². The summed E-state index contributed by atoms with van der Waals surface area (Å²) in [7, 11) is 0. The van der Waals surface area contributed by atoms with E-state index in [-0.39, 0.29) is 58.1 Å². The largest absolute Gasteiger partial charge is 0.309 e. The molecule has 0 atom stereocenters. The van der Waals surface area contributed by atoms with E-state index in [2.05, 4.69) is 60.7 Å². The first-order valence-electron chi connectivity index (χ1n) is 22.0. The Morgan fingerprint density at radius 2 is 1.05 bits per heavy atom. The number of benzene rings is 9. The van der Waals surface area contributed by atoms with Crippen LogP contribution in [0.1, 0.15) is 8.22 Å². The van der Waals surface area contributed by atoms with Gasteiger partial charge in [0.1, 0.15) is 0 Å². The molecule has 0 aliphatic heterocycles. The summed E-state index contributed by atoms with van der Waals surface area (Å²) in [5.41, 5.74) is 5.23. The van der Waals surface area contributed by atoms with Gasteiger partial charge in [-0.25, -0.2) is 15.0 Å². The van der Waals surface area contributed by atoms with Crippen LogP contribution in [0.5, 0.6) is 0 Å². The number of para-hydroxylation sites is 2. The molecule has 0 bridgehead atoms. The van der Waals surface area contributed by atoms with Crippen LogP contribution in [0.25, 0.3) is 115 Å². The van der Waals surface area contributed by atoms with E-state index < -0.39 is 0 Å². The van der Waals surface area contributed by atoms with Crippen molar-refractivity contribution in [3.05, 3.63) is 194 Å². The standard InChI is InChI=1S/C53H32N4S/c1-2-15-33(16-3-1)51-54-52(56-53(55-51)45-31-34-17-4-5-18-36(34)37-19-6-7-20-38(37)45)35-29-30-48(57-46-26-11-8-21-39(46)40-22-9-12-27-47(40)57)44(32-35)43-25-14-24-42-41-23-10-13-28-49(41)58-50(42)43/h1-32H/i8D,9D,21D,22D,26D,27D. The fraction of sp³-hybridized carbons (Fsp3) is 0. The maximum atomic E-state index is 9.27. The number of hydrogen-bond donors (Lipinski definition) is 0. The molecular weight excluding hydrogens is 725 g/mol. The normalized spacial score (nSPS) is 13.2. The van der Waals surface area contributed by atoms with Crippen molar-refractivity contribution < 1.29 is 8.22 Å². The highest BCUT2D eigenvalue weighted by Crippen LogP contribution is 2.44. The molecule has 9 aromatic carbocycles. The number of nitrogens with zero attached hydrogens (tertiary/aromatic N) is 4. The smallest absolute Gasteiger partial charge is 0.164 e. The van der Waals surface area contributed by atoms with Gasteiger partial charge in [0.15, 0.2) is 17.5 Å². The highest BCUT2D eigenvalue weighted by atomic mass is 32.1. The molecule has 0 aliphatic rings. The molecule has 0 fully saturated rings. The number of rotatable bonds is 5. The van der Waals surface area contributed by atoms with Gasteiger partial charge in [-0.1, -0.05) is 152 Å². The summed E-state index contributed by atoms with van der Waals surface area (Å²) in [5.74, 6) is 1.48. The first kappa shape index (κ1) is 27.2. The second-order valence-corrected chi connectivity index (χ2v) is 15.3. The zero-order chi connectivity index (χ0) is 43.4. The van der Waals surface area contributed by atoms with Crippen molar-refractivity contribution >= 4 is 74.9 Å². The van der Waals surface area contributed by atoms with Crippen LogP contribution in [0.4, 0.5) is 0 Å². The van der Waals surface area contributed by atoms with E-state index in [1.54, 1.807) is 15.9 Å². The minimum Gasteiger partial charge on any atom is -0.309 e. The van der Waals surface area contributed by atoms with Crippen LogP contribution in [0.3, 0.4) is 0 Å². The lowest BCUT2D eigenvalue weighted by Gasteiger charge is -2.17. The zero-order valence-corrected chi connectivity index (χ0v) is 31.5. The van der Waals surface area contributed by atoms with Crippen molar-refractivity contribution in [1.82, 2.24) is 19.5 Å². The predicted molar refractivity (Wildman–Crippen MR) is 244 cm³/mol. The third-order valence-electron chi connectivity index (χ3n) is 11.0. The van der Waals surface area contributed by atoms with Crippen LogP contribution < -0.4 is 0 Å². The predicted octanol–water partition coefficient (Wildman–Crippen LogP) is 14.3. The Morgan fingerprint density at radius 3 is 1.84 bits per heavy atom. The van der Waals surface area contributed by atoms with Crippen molar-refractivity contribution in [3.63, 3.8) is 0 Å². The summed E-state index contributed by atoms with van der Waals surface area (Å²) < 4.78 is 57.9. The zero-order valence-electron chi connectivity index (χ0n) is 36.7.